The molecule has 1 heterocycles. The fourth-order valence-corrected chi connectivity index (χ4v) is 5.81. The van der Waals surface area contributed by atoms with Crippen LogP contribution in [-0.2, 0) is 26.5 Å². The molecule has 1 aromatic heterocycles. The van der Waals surface area contributed by atoms with Gasteiger partial charge in [-0.15, -0.1) is 11.3 Å². The Morgan fingerprint density at radius 1 is 1.14 bits per heavy atom. The number of rotatable bonds is 6. The molecule has 0 aromatic carbocycles. The first-order chi connectivity index (χ1) is 9.79. The summed E-state index contributed by atoms with van der Waals surface area (Å²) in [4.78, 5) is 0.797. The van der Waals surface area contributed by atoms with E-state index in [4.69, 9.17) is 5.14 Å². The molecule has 0 bridgehead atoms. The first-order valence-electron chi connectivity index (χ1n) is 6.89. The van der Waals surface area contributed by atoms with Crippen molar-refractivity contribution in [3.63, 3.8) is 0 Å². The van der Waals surface area contributed by atoms with Crippen LogP contribution in [0.5, 0.6) is 0 Å². The fourth-order valence-electron chi connectivity index (χ4n) is 2.46. The molecule has 6 nitrogen and oxygen atoms in total. The van der Waals surface area contributed by atoms with Gasteiger partial charge in [0.05, 0.1) is 5.25 Å². The Bertz CT molecular complexity index is 673. The number of thiophene rings is 1. The lowest BCUT2D eigenvalue weighted by Crippen LogP contribution is -2.36. The SMILES string of the molecule is NS(=O)(=O)c1ccc(CCNS(=O)(=O)C2CCCCC2)s1. The van der Waals surface area contributed by atoms with Gasteiger partial charge in [-0.1, -0.05) is 19.3 Å². The number of primary sulfonamides is 1. The summed E-state index contributed by atoms with van der Waals surface area (Å²) >= 11 is 1.08. The summed E-state index contributed by atoms with van der Waals surface area (Å²) in [6.45, 7) is 0.281. The highest BCUT2D eigenvalue weighted by Crippen LogP contribution is 2.23. The molecule has 0 radical (unpaired) electrons. The molecule has 0 atom stereocenters. The van der Waals surface area contributed by atoms with Crippen molar-refractivity contribution in [1.82, 2.24) is 4.72 Å². The number of nitrogens with two attached hydrogens (primary N) is 1. The molecule has 0 spiro atoms. The number of hydrogen-bond acceptors (Lipinski definition) is 5. The highest BCUT2D eigenvalue weighted by molar-refractivity contribution is 7.91. The Balaban J connectivity index is 1.87. The third-order valence-corrected chi connectivity index (χ3v) is 8.12. The van der Waals surface area contributed by atoms with Gasteiger partial charge < -0.3 is 0 Å². The second-order valence-electron chi connectivity index (χ2n) is 5.22. The lowest BCUT2D eigenvalue weighted by Gasteiger charge is -2.21. The topological polar surface area (TPSA) is 106 Å². The number of hydrogen-bond donors (Lipinski definition) is 2. The molecular weight excluding hydrogens is 332 g/mol. The van der Waals surface area contributed by atoms with Crippen LogP contribution in [0.2, 0.25) is 0 Å². The molecule has 1 fully saturated rings. The summed E-state index contributed by atoms with van der Waals surface area (Å²) in [7, 11) is -6.94. The van der Waals surface area contributed by atoms with Gasteiger partial charge in [0.25, 0.3) is 0 Å². The summed E-state index contributed by atoms with van der Waals surface area (Å²) in [6, 6.07) is 3.12. The van der Waals surface area contributed by atoms with Crippen LogP contribution < -0.4 is 9.86 Å². The monoisotopic (exact) mass is 352 g/mol. The Labute approximate surface area is 129 Å². The van der Waals surface area contributed by atoms with Crippen molar-refractivity contribution in [3.8, 4) is 0 Å². The summed E-state index contributed by atoms with van der Waals surface area (Å²) in [5, 5.41) is 4.75. The standard InChI is InChI=1S/C12H20N2O4S3/c13-20(15,16)12-7-6-10(19-12)8-9-14-21(17,18)11-4-2-1-3-5-11/h6-7,11,14H,1-5,8-9H2,(H2,13,15,16). The van der Waals surface area contributed by atoms with Crippen molar-refractivity contribution in [3.05, 3.63) is 17.0 Å². The molecule has 0 unspecified atom stereocenters. The Morgan fingerprint density at radius 2 is 1.81 bits per heavy atom. The normalized spacial score (nSPS) is 18.0. The van der Waals surface area contributed by atoms with E-state index in [1.54, 1.807) is 6.07 Å². The van der Waals surface area contributed by atoms with Crippen molar-refractivity contribution < 1.29 is 16.8 Å². The van der Waals surface area contributed by atoms with E-state index in [1.807, 2.05) is 0 Å². The predicted octanol–water partition coefficient (Wildman–Crippen LogP) is 1.19. The molecule has 0 amide bonds. The maximum atomic E-state index is 12.1. The van der Waals surface area contributed by atoms with Crippen LogP contribution in [0.15, 0.2) is 16.3 Å². The molecule has 9 heteroatoms. The largest absolute Gasteiger partial charge is 0.247 e. The molecule has 0 aliphatic heterocycles. The summed E-state index contributed by atoms with van der Waals surface area (Å²) in [5.41, 5.74) is 0. The van der Waals surface area contributed by atoms with Crippen LogP contribution in [0.25, 0.3) is 0 Å². The van der Waals surface area contributed by atoms with Crippen molar-refractivity contribution in [1.29, 1.82) is 0 Å². The van der Waals surface area contributed by atoms with Crippen LogP contribution in [-0.4, -0.2) is 28.6 Å². The second-order valence-corrected chi connectivity index (χ2v) is 10.2. The smallest absolute Gasteiger partial charge is 0.224 e. The van der Waals surface area contributed by atoms with Gasteiger partial charge in [-0.25, -0.2) is 26.7 Å². The van der Waals surface area contributed by atoms with Crippen LogP contribution in [0.4, 0.5) is 0 Å². The lowest BCUT2D eigenvalue weighted by atomic mass is 10.0. The minimum Gasteiger partial charge on any atom is -0.224 e. The molecule has 21 heavy (non-hydrogen) atoms. The van der Waals surface area contributed by atoms with E-state index < -0.39 is 20.0 Å². The summed E-state index contributed by atoms with van der Waals surface area (Å²) in [5.74, 6) is 0. The van der Waals surface area contributed by atoms with Gasteiger partial charge in [-0.2, -0.15) is 0 Å². The van der Waals surface area contributed by atoms with Gasteiger partial charge in [0, 0.05) is 11.4 Å². The van der Waals surface area contributed by atoms with E-state index in [-0.39, 0.29) is 16.0 Å². The third-order valence-electron chi connectivity index (χ3n) is 3.58. The maximum Gasteiger partial charge on any atom is 0.247 e. The molecule has 1 saturated carbocycles. The zero-order chi connectivity index (χ0) is 15.5. The minimum absolute atomic E-state index is 0.104. The van der Waals surface area contributed by atoms with Gasteiger partial charge in [-0.3, -0.25) is 0 Å². The van der Waals surface area contributed by atoms with E-state index in [0.717, 1.165) is 48.3 Å². The quantitative estimate of drug-likeness (QED) is 0.802. The first-order valence-corrected chi connectivity index (χ1v) is 10.8. The van der Waals surface area contributed by atoms with Crippen molar-refractivity contribution in [2.24, 2.45) is 5.14 Å². The second kappa shape index (κ2) is 6.74. The van der Waals surface area contributed by atoms with E-state index in [2.05, 4.69) is 4.72 Å². The summed E-state index contributed by atoms with van der Waals surface area (Å²) in [6.07, 6.45) is 4.96. The van der Waals surface area contributed by atoms with Gasteiger partial charge in [0.15, 0.2) is 0 Å². The fraction of sp³-hybridized carbons (Fsp3) is 0.667. The van der Waals surface area contributed by atoms with Gasteiger partial charge in [0.1, 0.15) is 4.21 Å². The van der Waals surface area contributed by atoms with E-state index in [9.17, 15) is 16.8 Å². The van der Waals surface area contributed by atoms with Gasteiger partial charge >= 0.3 is 0 Å². The molecular formula is C12H20N2O4S3. The van der Waals surface area contributed by atoms with Crippen molar-refractivity contribution >= 4 is 31.4 Å². The molecule has 2 rings (SSSR count). The van der Waals surface area contributed by atoms with E-state index >= 15 is 0 Å². The Hall–Kier alpha value is -0.480. The lowest BCUT2D eigenvalue weighted by molar-refractivity contribution is 0.478. The van der Waals surface area contributed by atoms with Crippen molar-refractivity contribution in [2.45, 2.75) is 48.0 Å². The average Bonchev–Trinajstić information content (AvgIpc) is 2.88. The average molecular weight is 353 g/mol. The molecule has 1 aliphatic carbocycles. The van der Waals surface area contributed by atoms with Crippen LogP contribution >= 0.6 is 11.3 Å². The van der Waals surface area contributed by atoms with Gasteiger partial charge in [-0.05, 0) is 31.4 Å². The Kier molecular flexibility index (Phi) is 5.42. The molecule has 1 aromatic rings. The zero-order valence-electron chi connectivity index (χ0n) is 11.6. The Morgan fingerprint density at radius 3 is 2.38 bits per heavy atom. The van der Waals surface area contributed by atoms with Gasteiger partial charge in [0.2, 0.25) is 20.0 Å². The van der Waals surface area contributed by atoms with E-state index in [1.165, 1.54) is 6.07 Å². The maximum absolute atomic E-state index is 12.1. The number of sulfonamides is 2. The van der Waals surface area contributed by atoms with Crippen molar-refractivity contribution in [2.75, 3.05) is 6.54 Å². The van der Waals surface area contributed by atoms with Crippen LogP contribution in [0.1, 0.15) is 37.0 Å². The number of nitrogens with one attached hydrogen (secondary N) is 1. The van der Waals surface area contributed by atoms with Crippen LogP contribution in [0.3, 0.4) is 0 Å². The highest BCUT2D eigenvalue weighted by atomic mass is 32.2. The zero-order valence-corrected chi connectivity index (χ0v) is 14.1. The van der Waals surface area contributed by atoms with Crippen LogP contribution in [0, 0.1) is 0 Å². The molecule has 3 N–H and O–H groups in total. The minimum atomic E-state index is -3.67. The molecule has 1 aliphatic rings. The van der Waals surface area contributed by atoms with E-state index in [0.29, 0.717) is 6.42 Å². The first kappa shape index (κ1) is 16.9. The molecule has 0 saturated heterocycles. The molecule has 120 valence electrons. The highest BCUT2D eigenvalue weighted by Gasteiger charge is 2.26. The predicted molar refractivity (Wildman–Crippen MR) is 83.2 cm³/mol. The third kappa shape index (κ3) is 4.75. The summed E-state index contributed by atoms with van der Waals surface area (Å²) < 4.78 is 49.3.